The van der Waals surface area contributed by atoms with Crippen LogP contribution in [-0.2, 0) is 13.5 Å². The van der Waals surface area contributed by atoms with Gasteiger partial charge in [-0.05, 0) is 56.5 Å². The second kappa shape index (κ2) is 4.49. The molecular formula is C16H21N3. The summed E-state index contributed by atoms with van der Waals surface area (Å²) in [6.07, 6.45) is 2.40. The summed E-state index contributed by atoms with van der Waals surface area (Å²) in [6, 6.07) is 7.38. The maximum absolute atomic E-state index is 4.52. The molecule has 3 heteroatoms. The van der Waals surface area contributed by atoms with E-state index in [0.717, 1.165) is 5.69 Å². The van der Waals surface area contributed by atoms with Crippen LogP contribution in [0.2, 0.25) is 0 Å². The molecule has 0 spiro atoms. The van der Waals surface area contributed by atoms with Crippen LogP contribution in [0.1, 0.15) is 35.0 Å². The zero-order valence-corrected chi connectivity index (χ0v) is 12.1. The summed E-state index contributed by atoms with van der Waals surface area (Å²) >= 11 is 0. The Bertz CT molecular complexity index is 625. The van der Waals surface area contributed by atoms with E-state index in [4.69, 9.17) is 0 Å². The highest BCUT2D eigenvalue weighted by atomic mass is 15.3. The maximum atomic E-state index is 4.52. The van der Waals surface area contributed by atoms with Crippen LogP contribution in [0.15, 0.2) is 18.2 Å². The van der Waals surface area contributed by atoms with Gasteiger partial charge in [0.2, 0.25) is 0 Å². The SMILES string of the molecule is CNC1CCc2ccc(-c3c(C)nn(C)c3C)cc21. The molecule has 0 saturated carbocycles. The third kappa shape index (κ3) is 1.89. The molecule has 0 amide bonds. The van der Waals surface area contributed by atoms with Crippen LogP contribution < -0.4 is 5.32 Å². The van der Waals surface area contributed by atoms with Crippen molar-refractivity contribution in [3.8, 4) is 11.1 Å². The molecule has 1 N–H and O–H groups in total. The molecule has 19 heavy (non-hydrogen) atoms. The monoisotopic (exact) mass is 255 g/mol. The van der Waals surface area contributed by atoms with Crippen LogP contribution in [0.3, 0.4) is 0 Å². The number of benzene rings is 1. The Morgan fingerprint density at radius 2 is 2.11 bits per heavy atom. The van der Waals surface area contributed by atoms with Crippen molar-refractivity contribution in [3.63, 3.8) is 0 Å². The smallest absolute Gasteiger partial charge is 0.0674 e. The topological polar surface area (TPSA) is 29.9 Å². The number of aryl methyl sites for hydroxylation is 3. The molecule has 0 saturated heterocycles. The number of fused-ring (bicyclic) bond motifs is 1. The van der Waals surface area contributed by atoms with E-state index in [0.29, 0.717) is 6.04 Å². The van der Waals surface area contributed by atoms with E-state index in [1.165, 1.54) is 40.8 Å². The highest BCUT2D eigenvalue weighted by Crippen LogP contribution is 2.35. The fourth-order valence-corrected chi connectivity index (χ4v) is 3.25. The third-order valence-corrected chi connectivity index (χ3v) is 4.37. The highest BCUT2D eigenvalue weighted by molar-refractivity contribution is 5.70. The van der Waals surface area contributed by atoms with Gasteiger partial charge in [-0.3, -0.25) is 4.68 Å². The second-order valence-corrected chi connectivity index (χ2v) is 5.46. The van der Waals surface area contributed by atoms with Crippen LogP contribution in [0.4, 0.5) is 0 Å². The van der Waals surface area contributed by atoms with Gasteiger partial charge in [0, 0.05) is 24.3 Å². The molecule has 1 aromatic heterocycles. The molecule has 1 unspecified atom stereocenters. The van der Waals surface area contributed by atoms with E-state index in [1.807, 2.05) is 18.8 Å². The van der Waals surface area contributed by atoms with Gasteiger partial charge < -0.3 is 5.32 Å². The summed E-state index contributed by atoms with van der Waals surface area (Å²) in [6.45, 7) is 4.23. The number of hydrogen-bond donors (Lipinski definition) is 1. The summed E-state index contributed by atoms with van der Waals surface area (Å²) in [5.41, 5.74) is 7.87. The summed E-state index contributed by atoms with van der Waals surface area (Å²) in [4.78, 5) is 0. The van der Waals surface area contributed by atoms with Gasteiger partial charge in [0.15, 0.2) is 0 Å². The minimum absolute atomic E-state index is 0.507. The lowest BCUT2D eigenvalue weighted by Crippen LogP contribution is -2.12. The lowest BCUT2D eigenvalue weighted by atomic mass is 9.98. The quantitative estimate of drug-likeness (QED) is 0.894. The van der Waals surface area contributed by atoms with E-state index in [-0.39, 0.29) is 0 Å². The van der Waals surface area contributed by atoms with Crippen molar-refractivity contribution in [2.75, 3.05) is 7.05 Å². The fraction of sp³-hybridized carbons (Fsp3) is 0.438. The van der Waals surface area contributed by atoms with Crippen molar-refractivity contribution in [2.45, 2.75) is 32.7 Å². The molecule has 0 fully saturated rings. The molecule has 0 bridgehead atoms. The van der Waals surface area contributed by atoms with Crippen molar-refractivity contribution in [1.29, 1.82) is 0 Å². The van der Waals surface area contributed by atoms with Crippen LogP contribution in [0, 0.1) is 13.8 Å². The van der Waals surface area contributed by atoms with Gasteiger partial charge in [0.05, 0.1) is 5.69 Å². The third-order valence-electron chi connectivity index (χ3n) is 4.37. The van der Waals surface area contributed by atoms with E-state index in [9.17, 15) is 0 Å². The first kappa shape index (κ1) is 12.4. The number of nitrogens with zero attached hydrogens (tertiary/aromatic N) is 2. The zero-order valence-electron chi connectivity index (χ0n) is 12.1. The second-order valence-electron chi connectivity index (χ2n) is 5.46. The van der Waals surface area contributed by atoms with Crippen molar-refractivity contribution in [1.82, 2.24) is 15.1 Å². The average molecular weight is 255 g/mol. The molecule has 100 valence electrons. The molecule has 0 radical (unpaired) electrons. The van der Waals surface area contributed by atoms with E-state index in [2.05, 4.69) is 42.5 Å². The predicted octanol–water partition coefficient (Wildman–Crippen LogP) is 2.91. The van der Waals surface area contributed by atoms with Crippen LogP contribution in [0.5, 0.6) is 0 Å². The van der Waals surface area contributed by atoms with Crippen molar-refractivity contribution >= 4 is 0 Å². The summed E-state index contributed by atoms with van der Waals surface area (Å²) < 4.78 is 1.97. The molecule has 3 rings (SSSR count). The van der Waals surface area contributed by atoms with E-state index < -0.39 is 0 Å². The standard InChI is InChI=1S/C16H21N3/c1-10-16(11(2)19(4)18-10)13-6-5-12-7-8-15(17-3)14(12)9-13/h5-6,9,15,17H,7-8H2,1-4H3. The summed E-state index contributed by atoms with van der Waals surface area (Å²) in [5, 5.41) is 7.93. The van der Waals surface area contributed by atoms with Crippen LogP contribution in [-0.4, -0.2) is 16.8 Å². The molecule has 2 aromatic rings. The Morgan fingerprint density at radius 1 is 1.32 bits per heavy atom. The molecular weight excluding hydrogens is 234 g/mol. The van der Waals surface area contributed by atoms with Crippen LogP contribution >= 0.6 is 0 Å². The van der Waals surface area contributed by atoms with Crippen molar-refractivity contribution < 1.29 is 0 Å². The van der Waals surface area contributed by atoms with Crippen LogP contribution in [0.25, 0.3) is 11.1 Å². The first-order valence-electron chi connectivity index (χ1n) is 6.92. The Balaban J connectivity index is 2.12. The Labute approximate surface area is 114 Å². The van der Waals surface area contributed by atoms with Gasteiger partial charge in [-0.1, -0.05) is 12.1 Å². The number of hydrogen-bond acceptors (Lipinski definition) is 2. The lowest BCUT2D eigenvalue weighted by Gasteiger charge is -2.12. The molecule has 0 aliphatic heterocycles. The fourth-order valence-electron chi connectivity index (χ4n) is 3.25. The lowest BCUT2D eigenvalue weighted by molar-refractivity contribution is 0.590. The zero-order chi connectivity index (χ0) is 13.6. The molecule has 1 atom stereocenters. The van der Waals surface area contributed by atoms with Gasteiger partial charge in [0.25, 0.3) is 0 Å². The largest absolute Gasteiger partial charge is 0.313 e. The Kier molecular flexibility index (Phi) is 2.94. The molecule has 1 aliphatic carbocycles. The number of aromatic nitrogens is 2. The van der Waals surface area contributed by atoms with E-state index >= 15 is 0 Å². The van der Waals surface area contributed by atoms with Gasteiger partial charge in [-0.2, -0.15) is 5.10 Å². The Hall–Kier alpha value is -1.61. The number of rotatable bonds is 2. The Morgan fingerprint density at radius 3 is 2.74 bits per heavy atom. The molecule has 3 nitrogen and oxygen atoms in total. The molecule has 1 heterocycles. The minimum atomic E-state index is 0.507. The first-order valence-corrected chi connectivity index (χ1v) is 6.92. The normalized spacial score (nSPS) is 17.8. The van der Waals surface area contributed by atoms with Crippen molar-refractivity contribution in [3.05, 3.63) is 40.7 Å². The molecule has 1 aliphatic rings. The first-order chi connectivity index (χ1) is 9.11. The van der Waals surface area contributed by atoms with Crippen molar-refractivity contribution in [2.24, 2.45) is 7.05 Å². The summed E-state index contributed by atoms with van der Waals surface area (Å²) in [5.74, 6) is 0. The maximum Gasteiger partial charge on any atom is 0.0674 e. The molecule has 1 aromatic carbocycles. The van der Waals surface area contributed by atoms with E-state index in [1.54, 1.807) is 0 Å². The number of nitrogens with one attached hydrogen (secondary N) is 1. The predicted molar refractivity (Wildman–Crippen MR) is 78.2 cm³/mol. The minimum Gasteiger partial charge on any atom is -0.313 e. The average Bonchev–Trinajstić information content (AvgIpc) is 2.91. The summed E-state index contributed by atoms with van der Waals surface area (Å²) in [7, 11) is 4.06. The van der Waals surface area contributed by atoms with Gasteiger partial charge in [-0.25, -0.2) is 0 Å². The van der Waals surface area contributed by atoms with Gasteiger partial charge in [-0.15, -0.1) is 0 Å². The highest BCUT2D eigenvalue weighted by Gasteiger charge is 2.22. The van der Waals surface area contributed by atoms with Gasteiger partial charge >= 0.3 is 0 Å². The van der Waals surface area contributed by atoms with Gasteiger partial charge in [0.1, 0.15) is 0 Å².